The van der Waals surface area contributed by atoms with Crippen molar-refractivity contribution in [3.05, 3.63) is 47.9 Å². The number of anilines is 2. The number of hydrogen-bond donors (Lipinski definition) is 4. The number of aromatic nitrogens is 2. The molecule has 1 aromatic carbocycles. The van der Waals surface area contributed by atoms with E-state index in [9.17, 15) is 4.79 Å². The summed E-state index contributed by atoms with van der Waals surface area (Å²) in [6.45, 7) is 0. The lowest BCUT2D eigenvalue weighted by atomic mass is 9.91. The number of fused-ring (bicyclic) bond motifs is 1. The third kappa shape index (κ3) is 3.58. The predicted molar refractivity (Wildman–Crippen MR) is 112 cm³/mol. The number of nitrogen functional groups attached to an aromatic ring is 1. The normalized spacial score (nSPS) is 19.2. The van der Waals surface area contributed by atoms with Gasteiger partial charge < -0.3 is 22.5 Å². The van der Waals surface area contributed by atoms with Gasteiger partial charge in [-0.1, -0.05) is 31.0 Å². The molecule has 2 atom stereocenters. The van der Waals surface area contributed by atoms with Crippen LogP contribution in [-0.4, -0.2) is 28.0 Å². The second-order valence-corrected chi connectivity index (χ2v) is 7.39. The Morgan fingerprint density at radius 1 is 1.21 bits per heavy atom. The summed E-state index contributed by atoms with van der Waals surface area (Å²) >= 11 is 0. The van der Waals surface area contributed by atoms with Crippen LogP contribution in [0.5, 0.6) is 0 Å². The molecule has 3 aromatic rings. The van der Waals surface area contributed by atoms with Gasteiger partial charge in [0.15, 0.2) is 11.6 Å². The second kappa shape index (κ2) is 7.63. The van der Waals surface area contributed by atoms with Crippen LogP contribution in [0.25, 0.3) is 22.0 Å². The number of carbonyl (C=O) groups excluding carboxylic acids is 1. The molecule has 150 valence electrons. The van der Waals surface area contributed by atoms with Gasteiger partial charge in [0.05, 0.1) is 11.1 Å². The molecule has 0 unspecified atom stereocenters. The molecule has 1 aliphatic carbocycles. The molecule has 2 aromatic heterocycles. The summed E-state index contributed by atoms with van der Waals surface area (Å²) in [6.07, 6.45) is 5.22. The van der Waals surface area contributed by atoms with Gasteiger partial charge in [0.25, 0.3) is 5.91 Å². The summed E-state index contributed by atoms with van der Waals surface area (Å²) in [6, 6.07) is 8.96. The highest BCUT2D eigenvalue weighted by atomic mass is 19.1. The van der Waals surface area contributed by atoms with Crippen molar-refractivity contribution in [2.45, 2.75) is 37.8 Å². The lowest BCUT2D eigenvalue weighted by molar-refractivity contribution is 0.100. The molecule has 7 N–H and O–H groups in total. The zero-order valence-corrected chi connectivity index (χ0v) is 15.9. The topological polar surface area (TPSA) is 133 Å². The van der Waals surface area contributed by atoms with Crippen LogP contribution in [0.15, 0.2) is 36.5 Å². The Balaban J connectivity index is 1.85. The Bertz CT molecular complexity index is 1090. The highest BCUT2D eigenvalue weighted by Crippen LogP contribution is 2.35. The van der Waals surface area contributed by atoms with Crippen molar-refractivity contribution >= 4 is 28.4 Å². The minimum absolute atomic E-state index is 0.00451. The first kappa shape index (κ1) is 19.1. The number of rotatable bonds is 4. The predicted octanol–water partition coefficient (Wildman–Crippen LogP) is 2.80. The maximum absolute atomic E-state index is 15.6. The number of carbonyl (C=O) groups is 1. The van der Waals surface area contributed by atoms with Gasteiger partial charge in [-0.05, 0) is 25.0 Å². The van der Waals surface area contributed by atoms with Gasteiger partial charge in [-0.15, -0.1) is 0 Å². The van der Waals surface area contributed by atoms with Crippen LogP contribution in [0.2, 0.25) is 0 Å². The van der Waals surface area contributed by atoms with E-state index in [1.165, 1.54) is 6.20 Å². The maximum atomic E-state index is 15.6. The molecule has 0 aliphatic heterocycles. The zero-order valence-electron chi connectivity index (χ0n) is 15.9. The number of para-hydroxylation sites is 1. The largest absolute Gasteiger partial charge is 0.383 e. The molecule has 1 fully saturated rings. The number of nitrogens with two attached hydrogens (primary N) is 3. The van der Waals surface area contributed by atoms with Crippen molar-refractivity contribution in [3.8, 4) is 11.1 Å². The first-order chi connectivity index (χ1) is 14.0. The molecule has 0 bridgehead atoms. The van der Waals surface area contributed by atoms with Crippen molar-refractivity contribution in [3.63, 3.8) is 0 Å². The molecule has 0 spiro atoms. The van der Waals surface area contributed by atoms with E-state index in [0.29, 0.717) is 5.56 Å². The second-order valence-electron chi connectivity index (χ2n) is 7.39. The highest BCUT2D eigenvalue weighted by Gasteiger charge is 2.27. The molecular formula is C21H23FN6O. The first-order valence-electron chi connectivity index (χ1n) is 9.61. The minimum atomic E-state index is -0.849. The monoisotopic (exact) mass is 394 g/mol. The van der Waals surface area contributed by atoms with Crippen LogP contribution >= 0.6 is 0 Å². The third-order valence-electron chi connectivity index (χ3n) is 5.43. The molecule has 2 heterocycles. The molecule has 0 radical (unpaired) electrons. The third-order valence-corrected chi connectivity index (χ3v) is 5.43. The number of amides is 1. The lowest BCUT2D eigenvalue weighted by Gasteiger charge is -2.30. The summed E-state index contributed by atoms with van der Waals surface area (Å²) < 4.78 is 15.6. The molecule has 1 aliphatic rings. The number of primary amides is 1. The molecule has 8 heteroatoms. The van der Waals surface area contributed by atoms with Gasteiger partial charge in [0.1, 0.15) is 5.82 Å². The lowest BCUT2D eigenvalue weighted by Crippen LogP contribution is -2.43. The van der Waals surface area contributed by atoms with Gasteiger partial charge in [0, 0.05) is 34.8 Å². The molecule has 1 amide bonds. The van der Waals surface area contributed by atoms with Gasteiger partial charge in [0.2, 0.25) is 0 Å². The van der Waals surface area contributed by atoms with E-state index in [2.05, 4.69) is 15.3 Å². The fraction of sp³-hybridized carbons (Fsp3) is 0.286. The van der Waals surface area contributed by atoms with Crippen molar-refractivity contribution in [2.24, 2.45) is 11.5 Å². The van der Waals surface area contributed by atoms with Gasteiger partial charge >= 0.3 is 0 Å². The van der Waals surface area contributed by atoms with Crippen molar-refractivity contribution in [2.75, 3.05) is 11.1 Å². The van der Waals surface area contributed by atoms with Gasteiger partial charge in [-0.25, -0.2) is 9.37 Å². The van der Waals surface area contributed by atoms with Gasteiger partial charge in [-0.2, -0.15) is 0 Å². The highest BCUT2D eigenvalue weighted by molar-refractivity contribution is 6.05. The summed E-state index contributed by atoms with van der Waals surface area (Å²) in [5.41, 5.74) is 18.7. The molecule has 1 saturated carbocycles. The standard InChI is InChI=1S/C21H23FN6O/c22-18-16(12-9-11-5-1-3-7-14(11)26-10-12)17(20(25)29)19(24)28-21(18)27-15-8-4-2-6-13(15)23/h1,3,5,7,9-10,13,15H,2,4,6,8,23H2,(H2,25,29)(H3,24,27,28)/t13-,15+/m0/s1. The Labute approximate surface area is 167 Å². The van der Waals surface area contributed by atoms with E-state index in [4.69, 9.17) is 17.2 Å². The Morgan fingerprint density at radius 3 is 2.72 bits per heavy atom. The number of pyridine rings is 2. The SMILES string of the molecule is NC(=O)c1c(N)nc(N[C@@H]2CCCC[C@@H]2N)c(F)c1-c1cnc2ccccc2c1. The van der Waals surface area contributed by atoms with E-state index in [0.717, 1.165) is 36.6 Å². The Morgan fingerprint density at radius 2 is 1.97 bits per heavy atom. The number of halogens is 1. The summed E-state index contributed by atoms with van der Waals surface area (Å²) in [4.78, 5) is 20.5. The summed E-state index contributed by atoms with van der Waals surface area (Å²) in [5.74, 6) is -1.70. The number of benzene rings is 1. The van der Waals surface area contributed by atoms with E-state index in [-0.39, 0.29) is 34.8 Å². The average Bonchev–Trinajstić information content (AvgIpc) is 2.71. The van der Waals surface area contributed by atoms with Crippen LogP contribution in [0.1, 0.15) is 36.0 Å². The maximum Gasteiger partial charge on any atom is 0.253 e. The quantitative estimate of drug-likeness (QED) is 0.538. The summed E-state index contributed by atoms with van der Waals surface area (Å²) in [7, 11) is 0. The molecule has 29 heavy (non-hydrogen) atoms. The van der Waals surface area contributed by atoms with Crippen LogP contribution in [0.3, 0.4) is 0 Å². The average molecular weight is 394 g/mol. The van der Waals surface area contributed by atoms with Crippen LogP contribution in [-0.2, 0) is 0 Å². The minimum Gasteiger partial charge on any atom is -0.383 e. The molecule has 7 nitrogen and oxygen atoms in total. The molecular weight excluding hydrogens is 371 g/mol. The van der Waals surface area contributed by atoms with E-state index < -0.39 is 11.7 Å². The summed E-state index contributed by atoms with van der Waals surface area (Å²) in [5, 5.41) is 3.89. The fourth-order valence-electron chi connectivity index (χ4n) is 3.92. The van der Waals surface area contributed by atoms with Crippen molar-refractivity contribution < 1.29 is 9.18 Å². The van der Waals surface area contributed by atoms with Crippen LogP contribution in [0.4, 0.5) is 16.0 Å². The van der Waals surface area contributed by atoms with Crippen molar-refractivity contribution in [1.29, 1.82) is 0 Å². The number of nitrogens with zero attached hydrogens (tertiary/aromatic N) is 2. The zero-order chi connectivity index (χ0) is 20.5. The number of nitrogens with one attached hydrogen (secondary N) is 1. The van der Waals surface area contributed by atoms with E-state index >= 15 is 4.39 Å². The van der Waals surface area contributed by atoms with Crippen LogP contribution < -0.4 is 22.5 Å². The van der Waals surface area contributed by atoms with E-state index in [1.807, 2.05) is 24.3 Å². The van der Waals surface area contributed by atoms with Gasteiger partial charge in [-0.3, -0.25) is 9.78 Å². The smallest absolute Gasteiger partial charge is 0.253 e. The Hall–Kier alpha value is -3.26. The number of hydrogen-bond acceptors (Lipinski definition) is 6. The van der Waals surface area contributed by atoms with E-state index in [1.54, 1.807) is 6.07 Å². The fourth-order valence-corrected chi connectivity index (χ4v) is 3.92. The molecule has 0 saturated heterocycles. The van der Waals surface area contributed by atoms with Crippen LogP contribution in [0, 0.1) is 5.82 Å². The molecule has 4 rings (SSSR count). The van der Waals surface area contributed by atoms with Crippen molar-refractivity contribution in [1.82, 2.24) is 9.97 Å². The Kier molecular flexibility index (Phi) is 5.02. The first-order valence-corrected chi connectivity index (χ1v) is 9.61.